The minimum absolute atomic E-state index is 0.00757. The Morgan fingerprint density at radius 2 is 2.00 bits per heavy atom. The fourth-order valence-corrected chi connectivity index (χ4v) is 0.660. The lowest BCUT2D eigenvalue weighted by molar-refractivity contribution is -0.153. The van der Waals surface area contributed by atoms with E-state index in [9.17, 15) is 4.79 Å². The van der Waals surface area contributed by atoms with E-state index >= 15 is 0 Å². The second-order valence-electron chi connectivity index (χ2n) is 3.41. The Bertz CT molecular complexity index is 138. The first-order chi connectivity index (χ1) is 4.87. The molecule has 0 aromatic heterocycles. The van der Waals surface area contributed by atoms with Crippen molar-refractivity contribution < 1.29 is 9.53 Å². The molecule has 0 fully saturated rings. The number of carbonyl (C=O) groups excluding carboxylic acids is 1. The molecule has 0 N–H and O–H groups in total. The molecule has 3 heteroatoms. The molecule has 0 amide bonds. The van der Waals surface area contributed by atoms with Crippen LogP contribution in [-0.4, -0.2) is 15.5 Å². The van der Waals surface area contributed by atoms with Crippen LogP contribution in [0, 0.1) is 0 Å². The van der Waals surface area contributed by atoms with E-state index in [-0.39, 0.29) is 15.5 Å². The highest BCUT2D eigenvalue weighted by Gasteiger charge is 2.20. The van der Waals surface area contributed by atoms with Crippen LogP contribution in [0.5, 0.6) is 0 Å². The van der Waals surface area contributed by atoms with Crippen LogP contribution in [0.15, 0.2) is 0 Å². The number of hydrogen-bond acceptors (Lipinski definition) is 2. The summed E-state index contributed by atoms with van der Waals surface area (Å²) in [7, 11) is 0. The van der Waals surface area contributed by atoms with E-state index in [1.165, 1.54) is 0 Å². The van der Waals surface area contributed by atoms with Crippen LogP contribution >= 0.6 is 22.6 Å². The maximum Gasteiger partial charge on any atom is 0.319 e. The van der Waals surface area contributed by atoms with Crippen molar-refractivity contribution in [2.45, 2.75) is 43.6 Å². The Hall–Kier alpha value is 0.200. The molecule has 66 valence electrons. The monoisotopic (exact) mass is 270 g/mol. The zero-order valence-corrected chi connectivity index (χ0v) is 9.64. The van der Waals surface area contributed by atoms with Gasteiger partial charge in [0.2, 0.25) is 0 Å². The molecule has 0 aliphatic heterocycles. The van der Waals surface area contributed by atoms with Crippen LogP contribution < -0.4 is 0 Å². The number of alkyl halides is 1. The van der Waals surface area contributed by atoms with Crippen LogP contribution in [-0.2, 0) is 9.53 Å². The van der Waals surface area contributed by atoms with Gasteiger partial charge in [-0.2, -0.15) is 0 Å². The zero-order valence-electron chi connectivity index (χ0n) is 7.48. The normalized spacial score (nSPS) is 14.3. The number of ether oxygens (including phenoxy) is 1. The van der Waals surface area contributed by atoms with Gasteiger partial charge in [0.05, 0.1) is 0 Å². The van der Waals surface area contributed by atoms with Crippen LogP contribution in [0.4, 0.5) is 0 Å². The Balaban J connectivity index is 3.88. The number of carbonyl (C=O) groups is 1. The van der Waals surface area contributed by atoms with Gasteiger partial charge in [-0.05, 0) is 27.2 Å². The lowest BCUT2D eigenvalue weighted by Crippen LogP contribution is -2.28. The maximum atomic E-state index is 11.2. The quantitative estimate of drug-likeness (QED) is 0.438. The SMILES string of the molecule is CCC(I)C(=O)OC(C)(C)C. The van der Waals surface area contributed by atoms with Gasteiger partial charge in [-0.15, -0.1) is 0 Å². The van der Waals surface area contributed by atoms with Gasteiger partial charge in [0.15, 0.2) is 0 Å². The predicted octanol–water partition coefficient (Wildman–Crippen LogP) is 2.54. The first-order valence-electron chi connectivity index (χ1n) is 3.73. The largest absolute Gasteiger partial charge is 0.459 e. The van der Waals surface area contributed by atoms with E-state index in [1.54, 1.807) is 0 Å². The first kappa shape index (κ1) is 11.2. The van der Waals surface area contributed by atoms with Crippen molar-refractivity contribution in [1.29, 1.82) is 0 Å². The van der Waals surface area contributed by atoms with Crippen LogP contribution in [0.25, 0.3) is 0 Å². The molecule has 0 heterocycles. The third kappa shape index (κ3) is 5.47. The number of esters is 1. The van der Waals surface area contributed by atoms with E-state index in [0.717, 1.165) is 6.42 Å². The van der Waals surface area contributed by atoms with Crippen molar-refractivity contribution in [2.24, 2.45) is 0 Å². The lowest BCUT2D eigenvalue weighted by atomic mass is 10.2. The Labute approximate surface area is 81.8 Å². The van der Waals surface area contributed by atoms with Gasteiger partial charge in [0.1, 0.15) is 9.53 Å². The summed E-state index contributed by atoms with van der Waals surface area (Å²) in [6.45, 7) is 7.61. The highest BCUT2D eigenvalue weighted by Crippen LogP contribution is 2.14. The van der Waals surface area contributed by atoms with Gasteiger partial charge in [-0.1, -0.05) is 29.5 Å². The molecule has 0 spiro atoms. The standard InChI is InChI=1S/C8H15IO2/c1-5-6(9)7(10)11-8(2,3)4/h6H,5H2,1-4H3. The second kappa shape index (κ2) is 4.28. The molecule has 1 atom stereocenters. The zero-order chi connectivity index (χ0) is 9.07. The maximum absolute atomic E-state index is 11.2. The highest BCUT2D eigenvalue weighted by molar-refractivity contribution is 14.1. The molecule has 11 heavy (non-hydrogen) atoms. The molecule has 2 nitrogen and oxygen atoms in total. The van der Waals surface area contributed by atoms with E-state index < -0.39 is 0 Å². The van der Waals surface area contributed by atoms with Crippen molar-refractivity contribution in [1.82, 2.24) is 0 Å². The van der Waals surface area contributed by atoms with Crippen molar-refractivity contribution >= 4 is 28.6 Å². The molecule has 0 saturated carbocycles. The molecule has 0 aromatic rings. The number of hydrogen-bond donors (Lipinski definition) is 0. The van der Waals surface area contributed by atoms with Gasteiger partial charge >= 0.3 is 5.97 Å². The summed E-state index contributed by atoms with van der Waals surface area (Å²) in [6, 6.07) is 0. The Kier molecular flexibility index (Phi) is 4.36. The first-order valence-corrected chi connectivity index (χ1v) is 4.98. The molecular weight excluding hydrogens is 255 g/mol. The molecule has 0 bridgehead atoms. The second-order valence-corrected chi connectivity index (χ2v) is 4.91. The van der Waals surface area contributed by atoms with Crippen molar-refractivity contribution in [3.8, 4) is 0 Å². The third-order valence-electron chi connectivity index (χ3n) is 1.02. The predicted molar refractivity (Wildman–Crippen MR) is 53.9 cm³/mol. The summed E-state index contributed by atoms with van der Waals surface area (Å²) >= 11 is 2.10. The van der Waals surface area contributed by atoms with Crippen LogP contribution in [0.1, 0.15) is 34.1 Å². The van der Waals surface area contributed by atoms with Crippen molar-refractivity contribution in [2.75, 3.05) is 0 Å². The summed E-state index contributed by atoms with van der Waals surface area (Å²) in [5, 5.41) is 0. The van der Waals surface area contributed by atoms with Gasteiger partial charge in [0.25, 0.3) is 0 Å². The molecule has 0 radical (unpaired) electrons. The van der Waals surface area contributed by atoms with Gasteiger partial charge in [-0.25, -0.2) is 0 Å². The van der Waals surface area contributed by atoms with E-state index in [0.29, 0.717) is 0 Å². The van der Waals surface area contributed by atoms with Gasteiger partial charge < -0.3 is 4.74 Å². The topological polar surface area (TPSA) is 26.3 Å². The summed E-state index contributed by atoms with van der Waals surface area (Å²) in [4.78, 5) is 11.2. The molecular formula is C8H15IO2. The number of rotatable bonds is 2. The van der Waals surface area contributed by atoms with Crippen molar-refractivity contribution in [3.63, 3.8) is 0 Å². The molecule has 0 aliphatic carbocycles. The van der Waals surface area contributed by atoms with Gasteiger partial charge in [-0.3, -0.25) is 4.79 Å². The molecule has 1 unspecified atom stereocenters. The molecule has 0 rings (SSSR count). The lowest BCUT2D eigenvalue weighted by Gasteiger charge is -2.20. The van der Waals surface area contributed by atoms with Gasteiger partial charge in [0, 0.05) is 0 Å². The average molecular weight is 270 g/mol. The minimum Gasteiger partial charge on any atom is -0.459 e. The summed E-state index contributed by atoms with van der Waals surface area (Å²) in [5.41, 5.74) is -0.352. The molecule has 0 saturated heterocycles. The minimum atomic E-state index is -0.352. The summed E-state index contributed by atoms with van der Waals surface area (Å²) < 4.78 is 5.14. The van der Waals surface area contributed by atoms with Crippen LogP contribution in [0.2, 0.25) is 0 Å². The average Bonchev–Trinajstić information content (AvgIpc) is 1.82. The van der Waals surface area contributed by atoms with Crippen LogP contribution in [0.3, 0.4) is 0 Å². The molecule has 0 aromatic carbocycles. The smallest absolute Gasteiger partial charge is 0.319 e. The van der Waals surface area contributed by atoms with E-state index in [2.05, 4.69) is 22.6 Å². The van der Waals surface area contributed by atoms with Crippen molar-refractivity contribution in [3.05, 3.63) is 0 Å². The fraction of sp³-hybridized carbons (Fsp3) is 0.875. The van der Waals surface area contributed by atoms with E-state index in [1.807, 2.05) is 27.7 Å². The summed E-state index contributed by atoms with van der Waals surface area (Å²) in [6.07, 6.45) is 0.829. The third-order valence-corrected chi connectivity index (χ3v) is 2.41. The number of halogens is 1. The molecule has 0 aliphatic rings. The Morgan fingerprint density at radius 1 is 1.55 bits per heavy atom. The van der Waals surface area contributed by atoms with E-state index in [4.69, 9.17) is 4.74 Å². The fourth-order valence-electron chi connectivity index (χ4n) is 0.532. The summed E-state index contributed by atoms with van der Waals surface area (Å²) in [5.74, 6) is -0.111. The highest BCUT2D eigenvalue weighted by atomic mass is 127. The Morgan fingerprint density at radius 3 is 2.27 bits per heavy atom.